The predicted molar refractivity (Wildman–Crippen MR) is 83.2 cm³/mol. The average Bonchev–Trinajstić information content (AvgIpc) is 2.52. The molecule has 0 aliphatic rings. The van der Waals surface area contributed by atoms with Crippen LogP contribution in [-0.2, 0) is 6.42 Å². The van der Waals surface area contributed by atoms with E-state index in [2.05, 4.69) is 22.0 Å². The summed E-state index contributed by atoms with van der Waals surface area (Å²) >= 11 is 0. The van der Waals surface area contributed by atoms with Crippen molar-refractivity contribution in [2.45, 2.75) is 20.3 Å². The molecular weight excluding hydrogens is 266 g/mol. The Balaban J connectivity index is 2.50. The van der Waals surface area contributed by atoms with Gasteiger partial charge in [-0.05, 0) is 25.5 Å². The number of benzene rings is 1. The van der Waals surface area contributed by atoms with Crippen LogP contribution in [-0.4, -0.2) is 28.1 Å². The molecule has 21 heavy (non-hydrogen) atoms. The van der Waals surface area contributed by atoms with E-state index in [1.807, 2.05) is 43.1 Å². The largest absolute Gasteiger partial charge is 0.409 e. The number of aromatic nitrogens is 2. The van der Waals surface area contributed by atoms with Crippen LogP contribution in [0.15, 0.2) is 35.5 Å². The molecule has 0 saturated heterocycles. The fourth-order valence-corrected chi connectivity index (χ4v) is 2.13. The van der Waals surface area contributed by atoms with Crippen LogP contribution in [0.3, 0.4) is 0 Å². The summed E-state index contributed by atoms with van der Waals surface area (Å²) < 4.78 is 0. The van der Waals surface area contributed by atoms with E-state index in [0.717, 1.165) is 29.4 Å². The molecular formula is C15H19N5O. The van der Waals surface area contributed by atoms with Crippen LogP contribution in [0.4, 0.5) is 11.5 Å². The summed E-state index contributed by atoms with van der Waals surface area (Å²) in [4.78, 5) is 10.7. The molecule has 0 bridgehead atoms. The first-order valence-electron chi connectivity index (χ1n) is 6.72. The number of aryl methyl sites for hydroxylation is 2. The Morgan fingerprint density at radius 3 is 2.71 bits per heavy atom. The van der Waals surface area contributed by atoms with E-state index >= 15 is 0 Å². The van der Waals surface area contributed by atoms with Crippen molar-refractivity contribution in [2.24, 2.45) is 10.9 Å². The second-order valence-corrected chi connectivity index (χ2v) is 4.68. The van der Waals surface area contributed by atoms with Gasteiger partial charge in [-0.3, -0.25) is 0 Å². The maximum absolute atomic E-state index is 8.91. The molecule has 0 unspecified atom stereocenters. The number of nitrogens with zero attached hydrogens (tertiary/aromatic N) is 4. The summed E-state index contributed by atoms with van der Waals surface area (Å²) in [5.41, 5.74) is 8.18. The van der Waals surface area contributed by atoms with Gasteiger partial charge in [-0.25, -0.2) is 9.97 Å². The Hall–Kier alpha value is -2.63. The van der Waals surface area contributed by atoms with Gasteiger partial charge in [0.1, 0.15) is 11.6 Å². The molecule has 1 aromatic heterocycles. The third kappa shape index (κ3) is 3.10. The van der Waals surface area contributed by atoms with E-state index < -0.39 is 0 Å². The van der Waals surface area contributed by atoms with Crippen molar-refractivity contribution in [3.05, 3.63) is 47.4 Å². The number of amidine groups is 1. The lowest BCUT2D eigenvalue weighted by molar-refractivity contribution is 0.318. The van der Waals surface area contributed by atoms with Crippen LogP contribution in [0, 0.1) is 6.92 Å². The zero-order valence-corrected chi connectivity index (χ0v) is 12.4. The molecule has 0 spiro atoms. The third-order valence-electron chi connectivity index (χ3n) is 3.23. The molecule has 2 aromatic rings. The highest BCUT2D eigenvalue weighted by molar-refractivity contribution is 6.02. The number of anilines is 2. The number of oxime groups is 1. The molecule has 110 valence electrons. The van der Waals surface area contributed by atoms with E-state index in [9.17, 15) is 0 Å². The summed E-state index contributed by atoms with van der Waals surface area (Å²) in [7, 11) is 1.89. The summed E-state index contributed by atoms with van der Waals surface area (Å²) in [6.45, 7) is 3.92. The van der Waals surface area contributed by atoms with Gasteiger partial charge >= 0.3 is 0 Å². The topological polar surface area (TPSA) is 87.6 Å². The highest BCUT2D eigenvalue weighted by Crippen LogP contribution is 2.26. The van der Waals surface area contributed by atoms with Gasteiger partial charge in [-0.1, -0.05) is 24.2 Å². The molecule has 6 heteroatoms. The predicted octanol–water partition coefficient (Wildman–Crippen LogP) is 2.21. The summed E-state index contributed by atoms with van der Waals surface area (Å²) in [6, 6.07) is 9.38. The molecule has 0 aliphatic heterocycles. The molecule has 0 radical (unpaired) electrons. The van der Waals surface area contributed by atoms with Gasteiger partial charge < -0.3 is 15.8 Å². The van der Waals surface area contributed by atoms with Crippen molar-refractivity contribution in [1.82, 2.24) is 9.97 Å². The van der Waals surface area contributed by atoms with Gasteiger partial charge in [0.2, 0.25) is 0 Å². The standard InChI is InChI=1S/C15H19N5O/c1-4-11-9-14(18-10(2)17-11)20(3)13-8-6-5-7-12(13)15(16)19-21/h5-9,21H,4H2,1-3H3,(H2,16,19). The van der Waals surface area contributed by atoms with E-state index in [0.29, 0.717) is 5.56 Å². The normalized spacial score (nSPS) is 11.5. The van der Waals surface area contributed by atoms with Crippen LogP contribution in [0.25, 0.3) is 0 Å². The molecule has 0 atom stereocenters. The minimum absolute atomic E-state index is 0.0685. The molecule has 0 saturated carbocycles. The lowest BCUT2D eigenvalue weighted by Crippen LogP contribution is -2.20. The second kappa shape index (κ2) is 6.21. The molecule has 2 rings (SSSR count). The first-order chi connectivity index (χ1) is 10.1. The Bertz CT molecular complexity index is 669. The summed E-state index contributed by atoms with van der Waals surface area (Å²) in [6.07, 6.45) is 0.839. The zero-order valence-electron chi connectivity index (χ0n) is 12.4. The minimum atomic E-state index is 0.0685. The molecule has 1 heterocycles. The fourth-order valence-electron chi connectivity index (χ4n) is 2.13. The highest BCUT2D eigenvalue weighted by atomic mass is 16.4. The molecule has 6 nitrogen and oxygen atoms in total. The Labute approximate surface area is 123 Å². The molecule has 0 amide bonds. The van der Waals surface area contributed by atoms with Crippen molar-refractivity contribution >= 4 is 17.3 Å². The summed E-state index contributed by atoms with van der Waals surface area (Å²) in [5, 5.41) is 12.0. The third-order valence-corrected chi connectivity index (χ3v) is 3.23. The smallest absolute Gasteiger partial charge is 0.172 e. The van der Waals surface area contributed by atoms with Crippen LogP contribution >= 0.6 is 0 Å². The molecule has 0 fully saturated rings. The quantitative estimate of drug-likeness (QED) is 0.389. The fraction of sp³-hybridized carbons (Fsp3) is 0.267. The Morgan fingerprint density at radius 2 is 2.05 bits per heavy atom. The first kappa shape index (κ1) is 14.8. The number of hydrogen-bond acceptors (Lipinski definition) is 5. The Kier molecular flexibility index (Phi) is 4.37. The van der Waals surface area contributed by atoms with Crippen LogP contribution < -0.4 is 10.6 Å². The minimum Gasteiger partial charge on any atom is -0.409 e. The number of para-hydroxylation sites is 1. The number of nitrogens with two attached hydrogens (primary N) is 1. The van der Waals surface area contributed by atoms with Gasteiger partial charge in [0.05, 0.1) is 5.69 Å². The van der Waals surface area contributed by atoms with Crippen molar-refractivity contribution in [2.75, 3.05) is 11.9 Å². The zero-order chi connectivity index (χ0) is 15.4. The van der Waals surface area contributed by atoms with Gasteiger partial charge in [-0.15, -0.1) is 0 Å². The summed E-state index contributed by atoms with van der Waals surface area (Å²) in [5.74, 6) is 1.56. The van der Waals surface area contributed by atoms with Crippen molar-refractivity contribution in [3.63, 3.8) is 0 Å². The number of hydrogen-bond donors (Lipinski definition) is 2. The second-order valence-electron chi connectivity index (χ2n) is 4.68. The van der Waals surface area contributed by atoms with E-state index in [4.69, 9.17) is 10.9 Å². The first-order valence-corrected chi connectivity index (χ1v) is 6.72. The van der Waals surface area contributed by atoms with Crippen molar-refractivity contribution < 1.29 is 5.21 Å². The van der Waals surface area contributed by atoms with Gasteiger partial charge in [0, 0.05) is 24.4 Å². The molecule has 3 N–H and O–H groups in total. The van der Waals surface area contributed by atoms with E-state index in [1.165, 1.54) is 0 Å². The lowest BCUT2D eigenvalue weighted by atomic mass is 10.1. The maximum Gasteiger partial charge on any atom is 0.172 e. The van der Waals surface area contributed by atoms with Gasteiger partial charge in [-0.2, -0.15) is 0 Å². The molecule has 0 aliphatic carbocycles. The number of rotatable bonds is 4. The average molecular weight is 285 g/mol. The van der Waals surface area contributed by atoms with Crippen molar-refractivity contribution in [3.8, 4) is 0 Å². The van der Waals surface area contributed by atoms with Crippen LogP contribution in [0.2, 0.25) is 0 Å². The van der Waals surface area contributed by atoms with E-state index in [-0.39, 0.29) is 5.84 Å². The van der Waals surface area contributed by atoms with Crippen LogP contribution in [0.1, 0.15) is 24.0 Å². The monoisotopic (exact) mass is 285 g/mol. The maximum atomic E-state index is 8.91. The Morgan fingerprint density at radius 1 is 1.33 bits per heavy atom. The van der Waals surface area contributed by atoms with Crippen LogP contribution in [0.5, 0.6) is 0 Å². The van der Waals surface area contributed by atoms with Gasteiger partial charge in [0.25, 0.3) is 0 Å². The lowest BCUT2D eigenvalue weighted by Gasteiger charge is -2.21. The van der Waals surface area contributed by atoms with E-state index in [1.54, 1.807) is 6.07 Å². The SMILES string of the molecule is CCc1cc(N(C)c2ccccc2/C(N)=N/O)nc(C)n1. The highest BCUT2D eigenvalue weighted by Gasteiger charge is 2.14. The van der Waals surface area contributed by atoms with Crippen molar-refractivity contribution in [1.29, 1.82) is 0 Å². The van der Waals surface area contributed by atoms with Gasteiger partial charge in [0.15, 0.2) is 5.84 Å². The molecule has 1 aromatic carbocycles.